The molecule has 0 radical (unpaired) electrons. The molecule has 0 aliphatic carbocycles. The van der Waals surface area contributed by atoms with Gasteiger partial charge in [-0.2, -0.15) is 5.26 Å². The zero-order valence-electron chi connectivity index (χ0n) is 10.0. The van der Waals surface area contributed by atoms with Crippen molar-refractivity contribution in [3.05, 3.63) is 0 Å². The van der Waals surface area contributed by atoms with E-state index in [1.54, 1.807) is 6.07 Å². The summed E-state index contributed by atoms with van der Waals surface area (Å²) in [4.78, 5) is 10.7. The third-order valence-corrected chi connectivity index (χ3v) is 2.11. The van der Waals surface area contributed by atoms with E-state index in [4.69, 9.17) is 14.7 Å². The summed E-state index contributed by atoms with van der Waals surface area (Å²) in [5, 5.41) is 8.20. The fourth-order valence-electron chi connectivity index (χ4n) is 1.24. The van der Waals surface area contributed by atoms with Gasteiger partial charge in [0.1, 0.15) is 13.0 Å². The average Bonchev–Trinajstić information content (AvgIpc) is 2.27. The fourth-order valence-corrected chi connectivity index (χ4v) is 1.24. The second kappa shape index (κ2) is 12.0. The van der Waals surface area contributed by atoms with Crippen LogP contribution in [-0.4, -0.2) is 25.8 Å². The highest BCUT2D eigenvalue weighted by molar-refractivity contribution is 5.71. The number of rotatable bonds is 10. The molecular formula is C12H21NO3. The van der Waals surface area contributed by atoms with Gasteiger partial charge < -0.3 is 9.47 Å². The lowest BCUT2D eigenvalue weighted by Crippen LogP contribution is -2.10. The van der Waals surface area contributed by atoms with Crippen LogP contribution in [0, 0.1) is 11.3 Å². The summed E-state index contributed by atoms with van der Waals surface area (Å²) in [5.74, 6) is -0.478. The standard InChI is InChI=1S/C12H21NO3/c1-2-3-4-5-6-9-15-10-11-16-12(14)7-8-13/h2-7,9-11H2,1H3. The van der Waals surface area contributed by atoms with Crippen LogP contribution in [0.4, 0.5) is 0 Å². The number of nitrogens with zero attached hydrogens (tertiary/aromatic N) is 1. The van der Waals surface area contributed by atoms with Crippen LogP contribution in [0.5, 0.6) is 0 Å². The molecule has 0 unspecified atom stereocenters. The molecule has 0 atom stereocenters. The van der Waals surface area contributed by atoms with Gasteiger partial charge in [-0.25, -0.2) is 0 Å². The quantitative estimate of drug-likeness (QED) is 0.425. The van der Waals surface area contributed by atoms with Gasteiger partial charge in [0.15, 0.2) is 0 Å². The summed E-state index contributed by atoms with van der Waals surface area (Å²) in [6, 6.07) is 1.73. The van der Waals surface area contributed by atoms with Crippen LogP contribution in [0.25, 0.3) is 0 Å². The van der Waals surface area contributed by atoms with Gasteiger partial charge in [0.25, 0.3) is 0 Å². The Morgan fingerprint density at radius 2 is 1.88 bits per heavy atom. The summed E-state index contributed by atoms with van der Waals surface area (Å²) >= 11 is 0. The molecule has 0 N–H and O–H groups in total. The third-order valence-electron chi connectivity index (χ3n) is 2.11. The molecule has 0 aliphatic heterocycles. The Hall–Kier alpha value is -1.08. The lowest BCUT2D eigenvalue weighted by atomic mass is 10.2. The van der Waals surface area contributed by atoms with Gasteiger partial charge in [0.2, 0.25) is 0 Å². The lowest BCUT2D eigenvalue weighted by Gasteiger charge is -2.04. The van der Waals surface area contributed by atoms with Gasteiger partial charge >= 0.3 is 5.97 Å². The Morgan fingerprint density at radius 1 is 1.12 bits per heavy atom. The van der Waals surface area contributed by atoms with Crippen LogP contribution in [-0.2, 0) is 14.3 Å². The number of ether oxygens (including phenoxy) is 2. The molecule has 16 heavy (non-hydrogen) atoms. The van der Waals surface area contributed by atoms with Crippen molar-refractivity contribution in [2.75, 3.05) is 19.8 Å². The molecule has 0 aliphatic rings. The highest BCUT2D eigenvalue weighted by Gasteiger charge is 1.99. The molecule has 92 valence electrons. The van der Waals surface area contributed by atoms with Gasteiger partial charge in [-0.3, -0.25) is 4.79 Å². The molecule has 0 aromatic rings. The van der Waals surface area contributed by atoms with E-state index in [2.05, 4.69) is 6.92 Å². The Balaban J connectivity index is 3.04. The molecule has 0 aromatic carbocycles. The summed E-state index contributed by atoms with van der Waals surface area (Å²) in [5.41, 5.74) is 0. The zero-order chi connectivity index (χ0) is 12.1. The maximum absolute atomic E-state index is 10.7. The summed E-state index contributed by atoms with van der Waals surface area (Å²) in [6.45, 7) is 3.58. The van der Waals surface area contributed by atoms with Crippen molar-refractivity contribution in [2.24, 2.45) is 0 Å². The topological polar surface area (TPSA) is 59.3 Å². The molecule has 0 saturated carbocycles. The lowest BCUT2D eigenvalue weighted by molar-refractivity contribution is -0.143. The Bertz CT molecular complexity index is 211. The first-order valence-corrected chi connectivity index (χ1v) is 5.91. The Kier molecular flexibility index (Phi) is 11.2. The monoisotopic (exact) mass is 227 g/mol. The highest BCUT2D eigenvalue weighted by atomic mass is 16.6. The third kappa shape index (κ3) is 11.0. The molecule has 0 saturated heterocycles. The van der Waals surface area contributed by atoms with Crippen LogP contribution < -0.4 is 0 Å². The van der Waals surface area contributed by atoms with E-state index in [9.17, 15) is 4.79 Å². The van der Waals surface area contributed by atoms with E-state index >= 15 is 0 Å². The van der Waals surface area contributed by atoms with Crippen LogP contribution >= 0.6 is 0 Å². The normalized spacial score (nSPS) is 9.75. The van der Waals surface area contributed by atoms with E-state index in [0.29, 0.717) is 6.61 Å². The Labute approximate surface area is 97.5 Å². The second-order valence-electron chi connectivity index (χ2n) is 3.58. The number of hydrogen-bond donors (Lipinski definition) is 0. The van der Waals surface area contributed by atoms with Crippen LogP contribution in [0.1, 0.15) is 45.4 Å². The van der Waals surface area contributed by atoms with Crippen LogP contribution in [0.2, 0.25) is 0 Å². The first kappa shape index (κ1) is 14.9. The molecular weight excluding hydrogens is 206 g/mol. The second-order valence-corrected chi connectivity index (χ2v) is 3.58. The SMILES string of the molecule is CCCCCCCOCCOC(=O)CC#N. The summed E-state index contributed by atoms with van der Waals surface area (Å²) in [7, 11) is 0. The predicted octanol–water partition coefficient (Wildman–Crippen LogP) is 2.43. The molecule has 0 aromatic heterocycles. The van der Waals surface area contributed by atoms with Crippen LogP contribution in [0.15, 0.2) is 0 Å². The maximum Gasteiger partial charge on any atom is 0.320 e. The minimum Gasteiger partial charge on any atom is -0.462 e. The van der Waals surface area contributed by atoms with Gasteiger partial charge in [-0.1, -0.05) is 32.6 Å². The van der Waals surface area contributed by atoms with E-state index in [1.165, 1.54) is 25.7 Å². The minimum absolute atomic E-state index is 0.184. The largest absolute Gasteiger partial charge is 0.462 e. The van der Waals surface area contributed by atoms with Crippen molar-refractivity contribution in [3.63, 3.8) is 0 Å². The minimum atomic E-state index is -0.478. The van der Waals surface area contributed by atoms with E-state index < -0.39 is 5.97 Å². The van der Waals surface area contributed by atoms with Gasteiger partial charge in [0, 0.05) is 6.61 Å². The van der Waals surface area contributed by atoms with E-state index in [-0.39, 0.29) is 13.0 Å². The van der Waals surface area contributed by atoms with Gasteiger partial charge in [0.05, 0.1) is 12.7 Å². The first-order valence-electron chi connectivity index (χ1n) is 5.91. The summed E-state index contributed by atoms with van der Waals surface area (Å²) in [6.07, 6.45) is 5.86. The molecule has 0 amide bonds. The summed E-state index contributed by atoms with van der Waals surface area (Å²) < 4.78 is 10.0. The van der Waals surface area contributed by atoms with E-state index in [0.717, 1.165) is 13.0 Å². The van der Waals surface area contributed by atoms with Crippen molar-refractivity contribution < 1.29 is 14.3 Å². The number of unbranched alkanes of at least 4 members (excludes halogenated alkanes) is 4. The van der Waals surface area contributed by atoms with Gasteiger partial charge in [-0.15, -0.1) is 0 Å². The molecule has 0 rings (SSSR count). The fraction of sp³-hybridized carbons (Fsp3) is 0.833. The molecule has 0 bridgehead atoms. The van der Waals surface area contributed by atoms with Crippen molar-refractivity contribution in [2.45, 2.75) is 45.4 Å². The highest BCUT2D eigenvalue weighted by Crippen LogP contribution is 2.02. The number of nitriles is 1. The predicted molar refractivity (Wildman–Crippen MR) is 60.8 cm³/mol. The zero-order valence-corrected chi connectivity index (χ0v) is 10.0. The van der Waals surface area contributed by atoms with Crippen molar-refractivity contribution >= 4 is 5.97 Å². The number of carbonyl (C=O) groups is 1. The molecule has 0 spiro atoms. The molecule has 0 heterocycles. The molecule has 4 heteroatoms. The average molecular weight is 227 g/mol. The van der Waals surface area contributed by atoms with Crippen molar-refractivity contribution in [1.82, 2.24) is 0 Å². The first-order chi connectivity index (χ1) is 7.81. The molecule has 4 nitrogen and oxygen atoms in total. The van der Waals surface area contributed by atoms with Crippen LogP contribution in [0.3, 0.4) is 0 Å². The number of esters is 1. The number of hydrogen-bond acceptors (Lipinski definition) is 4. The van der Waals surface area contributed by atoms with Crippen molar-refractivity contribution in [1.29, 1.82) is 5.26 Å². The maximum atomic E-state index is 10.7. The van der Waals surface area contributed by atoms with E-state index in [1.807, 2.05) is 0 Å². The number of carbonyl (C=O) groups excluding carboxylic acids is 1. The van der Waals surface area contributed by atoms with Gasteiger partial charge in [-0.05, 0) is 6.42 Å². The smallest absolute Gasteiger partial charge is 0.320 e. The molecule has 0 fully saturated rings. The Morgan fingerprint density at radius 3 is 2.56 bits per heavy atom. The van der Waals surface area contributed by atoms with Crippen molar-refractivity contribution in [3.8, 4) is 6.07 Å².